The van der Waals surface area contributed by atoms with E-state index in [0.29, 0.717) is 5.02 Å². The molecule has 0 heterocycles. The van der Waals surface area contributed by atoms with Crippen LogP contribution in [0.15, 0.2) is 24.3 Å². The number of carbonyl (C=O) groups excluding carboxylic acids is 1. The van der Waals surface area contributed by atoms with E-state index in [2.05, 4.69) is 12.2 Å². The second-order valence-corrected chi connectivity index (χ2v) is 5.83. The number of halogens is 1. The number of nitrogens with one attached hydrogen (secondary N) is 1. The summed E-state index contributed by atoms with van der Waals surface area (Å²) in [7, 11) is 1.46. The van der Waals surface area contributed by atoms with Gasteiger partial charge >= 0.3 is 5.97 Å². The van der Waals surface area contributed by atoms with E-state index in [1.165, 1.54) is 13.5 Å². The highest BCUT2D eigenvalue weighted by molar-refractivity contribution is 6.33. The molecule has 0 radical (unpaired) electrons. The molecule has 110 valence electrons. The number of para-hydroxylation sites is 1. The Morgan fingerprint density at radius 1 is 1.45 bits per heavy atom. The van der Waals surface area contributed by atoms with Crippen molar-refractivity contribution in [3.8, 4) is 0 Å². The molecule has 2 atom stereocenters. The smallest absolute Gasteiger partial charge is 0.331 e. The van der Waals surface area contributed by atoms with Crippen LogP contribution >= 0.6 is 11.6 Å². The highest BCUT2D eigenvalue weighted by atomic mass is 35.5. The highest BCUT2D eigenvalue weighted by Crippen LogP contribution is 2.40. The van der Waals surface area contributed by atoms with Gasteiger partial charge in [0, 0.05) is 0 Å². The summed E-state index contributed by atoms with van der Waals surface area (Å²) in [6.07, 6.45) is 4.99. The molecule has 0 spiro atoms. The molecule has 0 saturated heterocycles. The van der Waals surface area contributed by atoms with E-state index >= 15 is 0 Å². The van der Waals surface area contributed by atoms with Crippen LogP contribution in [0.5, 0.6) is 0 Å². The number of ether oxygens (including phenoxy) is 1. The van der Waals surface area contributed by atoms with E-state index < -0.39 is 5.54 Å². The molecule has 1 aliphatic rings. The van der Waals surface area contributed by atoms with Crippen molar-refractivity contribution >= 4 is 23.3 Å². The molecular formula is C16H22ClNO2. The van der Waals surface area contributed by atoms with Crippen molar-refractivity contribution in [2.24, 2.45) is 5.92 Å². The molecule has 0 aromatic heterocycles. The quantitative estimate of drug-likeness (QED) is 0.843. The lowest BCUT2D eigenvalue weighted by Crippen LogP contribution is -2.54. The van der Waals surface area contributed by atoms with Gasteiger partial charge in [-0.1, -0.05) is 49.9 Å². The van der Waals surface area contributed by atoms with Crippen molar-refractivity contribution in [1.29, 1.82) is 0 Å². The third-order valence-electron chi connectivity index (χ3n) is 4.34. The number of rotatable bonds is 4. The van der Waals surface area contributed by atoms with E-state index in [0.717, 1.165) is 31.4 Å². The van der Waals surface area contributed by atoms with Gasteiger partial charge in [0.2, 0.25) is 0 Å². The second-order valence-electron chi connectivity index (χ2n) is 5.42. The average molecular weight is 296 g/mol. The number of carbonyl (C=O) groups is 1. The number of methoxy groups -OCH3 is 1. The maximum atomic E-state index is 12.4. The molecule has 2 unspecified atom stereocenters. The number of anilines is 1. The SMILES string of the molecule is CCC1CCCCC1(Nc1ccccc1Cl)C(=O)OC. The van der Waals surface area contributed by atoms with Crippen LogP contribution in [0.3, 0.4) is 0 Å². The average Bonchev–Trinajstić information content (AvgIpc) is 2.49. The molecule has 2 rings (SSSR count). The predicted molar refractivity (Wildman–Crippen MR) is 82.1 cm³/mol. The van der Waals surface area contributed by atoms with Gasteiger partial charge in [-0.2, -0.15) is 0 Å². The van der Waals surface area contributed by atoms with Crippen LogP contribution in [-0.2, 0) is 9.53 Å². The first kappa shape index (κ1) is 15.2. The van der Waals surface area contributed by atoms with Crippen LogP contribution in [-0.4, -0.2) is 18.6 Å². The summed E-state index contributed by atoms with van der Waals surface area (Å²) < 4.78 is 5.09. The molecule has 1 saturated carbocycles. The summed E-state index contributed by atoms with van der Waals surface area (Å²) in [6, 6.07) is 7.55. The molecule has 1 aromatic rings. The van der Waals surface area contributed by atoms with Crippen molar-refractivity contribution in [3.63, 3.8) is 0 Å². The molecular weight excluding hydrogens is 274 g/mol. The minimum absolute atomic E-state index is 0.177. The Labute approximate surface area is 125 Å². The van der Waals surface area contributed by atoms with Gasteiger partial charge in [-0.25, -0.2) is 4.79 Å². The van der Waals surface area contributed by atoms with Gasteiger partial charge in [-0.3, -0.25) is 0 Å². The molecule has 20 heavy (non-hydrogen) atoms. The first-order valence-electron chi connectivity index (χ1n) is 7.25. The molecule has 4 heteroatoms. The summed E-state index contributed by atoms with van der Waals surface area (Å²) in [4.78, 5) is 12.4. The van der Waals surface area contributed by atoms with Gasteiger partial charge in [-0.05, 0) is 30.9 Å². The fourth-order valence-electron chi connectivity index (χ4n) is 3.27. The molecule has 1 aliphatic carbocycles. The third kappa shape index (κ3) is 2.78. The fourth-order valence-corrected chi connectivity index (χ4v) is 3.45. The topological polar surface area (TPSA) is 38.3 Å². The van der Waals surface area contributed by atoms with Crippen LogP contribution in [0, 0.1) is 5.92 Å². The van der Waals surface area contributed by atoms with E-state index in [1.54, 1.807) is 0 Å². The molecule has 0 amide bonds. The Morgan fingerprint density at radius 2 is 2.20 bits per heavy atom. The van der Waals surface area contributed by atoms with Crippen molar-refractivity contribution in [2.45, 2.75) is 44.6 Å². The van der Waals surface area contributed by atoms with Crippen LogP contribution in [0.4, 0.5) is 5.69 Å². The zero-order chi connectivity index (χ0) is 14.6. The maximum absolute atomic E-state index is 12.4. The Kier molecular flexibility index (Phi) is 4.92. The lowest BCUT2D eigenvalue weighted by atomic mass is 9.71. The van der Waals surface area contributed by atoms with Gasteiger partial charge in [0.05, 0.1) is 17.8 Å². The van der Waals surface area contributed by atoms with Gasteiger partial charge in [0.1, 0.15) is 5.54 Å². The number of hydrogen-bond acceptors (Lipinski definition) is 3. The van der Waals surface area contributed by atoms with E-state index in [4.69, 9.17) is 16.3 Å². The Balaban J connectivity index is 2.36. The lowest BCUT2D eigenvalue weighted by Gasteiger charge is -2.42. The highest BCUT2D eigenvalue weighted by Gasteiger charge is 2.47. The summed E-state index contributed by atoms with van der Waals surface area (Å²) >= 11 is 6.23. The summed E-state index contributed by atoms with van der Waals surface area (Å²) in [5.41, 5.74) is 0.159. The minimum atomic E-state index is -0.646. The van der Waals surface area contributed by atoms with E-state index in [9.17, 15) is 4.79 Å². The third-order valence-corrected chi connectivity index (χ3v) is 4.67. The number of esters is 1. The van der Waals surface area contributed by atoms with Crippen molar-refractivity contribution in [2.75, 3.05) is 12.4 Å². The zero-order valence-electron chi connectivity index (χ0n) is 12.1. The lowest BCUT2D eigenvalue weighted by molar-refractivity contribution is -0.149. The van der Waals surface area contributed by atoms with Gasteiger partial charge < -0.3 is 10.1 Å². The van der Waals surface area contributed by atoms with Crippen molar-refractivity contribution < 1.29 is 9.53 Å². The molecule has 0 bridgehead atoms. The standard InChI is InChI=1S/C16H22ClNO2/c1-3-12-8-6-7-11-16(12,15(19)20-2)18-14-10-5-4-9-13(14)17/h4-5,9-10,12,18H,3,6-8,11H2,1-2H3. The van der Waals surface area contributed by atoms with Gasteiger partial charge in [-0.15, -0.1) is 0 Å². The summed E-state index contributed by atoms with van der Waals surface area (Å²) in [5.74, 6) is 0.101. The molecule has 1 aromatic carbocycles. The molecule has 1 N–H and O–H groups in total. The predicted octanol–water partition coefficient (Wildman–Crippen LogP) is 4.26. The number of benzene rings is 1. The van der Waals surface area contributed by atoms with Crippen LogP contribution in [0.1, 0.15) is 39.0 Å². The minimum Gasteiger partial charge on any atom is -0.467 e. The Bertz CT molecular complexity index is 477. The molecule has 3 nitrogen and oxygen atoms in total. The monoisotopic (exact) mass is 295 g/mol. The first-order valence-corrected chi connectivity index (χ1v) is 7.63. The fraction of sp³-hybridized carbons (Fsp3) is 0.562. The van der Waals surface area contributed by atoms with Crippen molar-refractivity contribution in [3.05, 3.63) is 29.3 Å². The van der Waals surface area contributed by atoms with E-state index in [-0.39, 0.29) is 11.9 Å². The normalized spacial score (nSPS) is 26.1. The van der Waals surface area contributed by atoms with Gasteiger partial charge in [0.15, 0.2) is 0 Å². The second kappa shape index (κ2) is 6.49. The Morgan fingerprint density at radius 3 is 2.85 bits per heavy atom. The number of hydrogen-bond donors (Lipinski definition) is 1. The molecule has 1 fully saturated rings. The zero-order valence-corrected chi connectivity index (χ0v) is 12.9. The van der Waals surface area contributed by atoms with E-state index in [1.807, 2.05) is 24.3 Å². The van der Waals surface area contributed by atoms with Gasteiger partial charge in [0.25, 0.3) is 0 Å². The van der Waals surface area contributed by atoms with Crippen LogP contribution in [0.2, 0.25) is 5.02 Å². The maximum Gasteiger partial charge on any atom is 0.331 e. The largest absolute Gasteiger partial charge is 0.467 e. The van der Waals surface area contributed by atoms with Crippen LogP contribution in [0.25, 0.3) is 0 Å². The Hall–Kier alpha value is -1.22. The van der Waals surface area contributed by atoms with Crippen molar-refractivity contribution in [1.82, 2.24) is 0 Å². The first-order chi connectivity index (χ1) is 9.64. The molecule has 0 aliphatic heterocycles. The summed E-state index contributed by atoms with van der Waals surface area (Å²) in [5, 5.41) is 4.04. The summed E-state index contributed by atoms with van der Waals surface area (Å²) in [6.45, 7) is 2.13. The van der Waals surface area contributed by atoms with Crippen LogP contribution < -0.4 is 5.32 Å².